The van der Waals surface area contributed by atoms with Crippen LogP contribution in [0.4, 0.5) is 5.69 Å². The Hall–Kier alpha value is -2.34. The van der Waals surface area contributed by atoms with Gasteiger partial charge in [-0.25, -0.2) is 4.79 Å². The minimum atomic E-state index is -1.04. The number of hydrogen-bond acceptors (Lipinski definition) is 4. The lowest BCUT2D eigenvalue weighted by Gasteiger charge is -2.17. The number of anilines is 1. The molecule has 2 aromatic rings. The number of carboxylic acids is 1. The number of nitrogens with zero attached hydrogens (tertiary/aromatic N) is 1. The topological polar surface area (TPSA) is 66.8 Å². The first kappa shape index (κ1) is 13.6. The van der Waals surface area contributed by atoms with Crippen molar-refractivity contribution in [3.8, 4) is 5.75 Å². The third kappa shape index (κ3) is 2.62. The van der Waals surface area contributed by atoms with Crippen LogP contribution in [0.5, 0.6) is 5.75 Å². The zero-order valence-electron chi connectivity index (χ0n) is 11.1. The van der Waals surface area contributed by atoms with Crippen LogP contribution in [-0.4, -0.2) is 30.1 Å². The summed E-state index contributed by atoms with van der Waals surface area (Å²) in [4.78, 5) is 25.0. The lowest BCUT2D eigenvalue weighted by Crippen LogP contribution is -2.33. The quantitative estimate of drug-likeness (QED) is 0.942. The van der Waals surface area contributed by atoms with Gasteiger partial charge in [-0.1, -0.05) is 18.2 Å². The number of benzene rings is 1. The number of thiophene rings is 1. The Morgan fingerprint density at radius 2 is 2.10 bits per heavy atom. The highest BCUT2D eigenvalue weighted by molar-refractivity contribution is 7.12. The van der Waals surface area contributed by atoms with E-state index in [-0.39, 0.29) is 23.1 Å². The number of carbonyl (C=O) groups is 2. The van der Waals surface area contributed by atoms with Crippen molar-refractivity contribution in [1.29, 1.82) is 0 Å². The van der Waals surface area contributed by atoms with Gasteiger partial charge in [0.1, 0.15) is 5.75 Å². The molecule has 0 saturated heterocycles. The van der Waals surface area contributed by atoms with Crippen molar-refractivity contribution in [3.63, 3.8) is 0 Å². The fraction of sp³-hybridized carbons (Fsp3) is 0.200. The van der Waals surface area contributed by atoms with E-state index in [4.69, 9.17) is 9.84 Å². The van der Waals surface area contributed by atoms with Gasteiger partial charge in [-0.15, -0.1) is 11.3 Å². The van der Waals surface area contributed by atoms with Crippen LogP contribution in [0.15, 0.2) is 35.7 Å². The second kappa shape index (κ2) is 5.57. The van der Waals surface area contributed by atoms with E-state index in [1.807, 2.05) is 24.3 Å². The van der Waals surface area contributed by atoms with Gasteiger partial charge in [0.25, 0.3) is 5.91 Å². The van der Waals surface area contributed by atoms with Crippen LogP contribution >= 0.6 is 11.3 Å². The van der Waals surface area contributed by atoms with E-state index in [0.29, 0.717) is 6.54 Å². The normalized spacial score (nSPS) is 13.0. The standard InChI is InChI=1S/C15H13NO4S/c17-13(9-20-12-6-8-21-14(12)15(18)19)16-7-5-10-3-1-2-4-11(10)16/h1-4,6,8H,5,7,9H2,(H,18,19). The van der Waals surface area contributed by atoms with Gasteiger partial charge < -0.3 is 14.7 Å². The lowest BCUT2D eigenvalue weighted by molar-refractivity contribution is -0.120. The summed E-state index contributed by atoms with van der Waals surface area (Å²) in [5.74, 6) is -0.963. The maximum absolute atomic E-state index is 12.2. The highest BCUT2D eigenvalue weighted by Gasteiger charge is 2.25. The SMILES string of the molecule is O=C(O)c1sccc1OCC(=O)N1CCc2ccccc21. The summed E-state index contributed by atoms with van der Waals surface area (Å²) in [6, 6.07) is 9.33. The Kier molecular flexibility index (Phi) is 3.62. The first-order chi connectivity index (χ1) is 10.2. The maximum Gasteiger partial charge on any atom is 0.349 e. The second-order valence-electron chi connectivity index (χ2n) is 4.63. The molecule has 0 unspecified atom stereocenters. The number of fused-ring (bicyclic) bond motifs is 1. The Bertz CT molecular complexity index is 694. The highest BCUT2D eigenvalue weighted by atomic mass is 32.1. The summed E-state index contributed by atoms with van der Waals surface area (Å²) in [6.45, 7) is 0.475. The van der Waals surface area contributed by atoms with Crippen LogP contribution in [0.2, 0.25) is 0 Å². The molecule has 2 heterocycles. The molecule has 108 valence electrons. The van der Waals surface area contributed by atoms with Crippen molar-refractivity contribution in [1.82, 2.24) is 0 Å². The molecular formula is C15H13NO4S. The Balaban J connectivity index is 1.68. The smallest absolute Gasteiger partial charge is 0.349 e. The van der Waals surface area contributed by atoms with Crippen molar-refractivity contribution in [2.45, 2.75) is 6.42 Å². The fourth-order valence-electron chi connectivity index (χ4n) is 2.38. The molecule has 3 rings (SSSR count). The molecule has 21 heavy (non-hydrogen) atoms. The summed E-state index contributed by atoms with van der Waals surface area (Å²) in [6.07, 6.45) is 0.834. The number of hydrogen-bond donors (Lipinski definition) is 1. The van der Waals surface area contributed by atoms with E-state index in [1.165, 1.54) is 0 Å². The van der Waals surface area contributed by atoms with E-state index < -0.39 is 5.97 Å². The molecule has 1 amide bonds. The molecule has 0 saturated carbocycles. The third-order valence-corrected chi connectivity index (χ3v) is 4.25. The molecule has 5 nitrogen and oxygen atoms in total. The highest BCUT2D eigenvalue weighted by Crippen LogP contribution is 2.28. The van der Waals surface area contributed by atoms with Crippen LogP contribution in [0.1, 0.15) is 15.2 Å². The summed E-state index contributed by atoms with van der Waals surface area (Å²) in [7, 11) is 0. The molecule has 0 fully saturated rings. The third-order valence-electron chi connectivity index (χ3n) is 3.36. The lowest BCUT2D eigenvalue weighted by atomic mass is 10.2. The van der Waals surface area contributed by atoms with Gasteiger partial charge in [0.2, 0.25) is 0 Å². The van der Waals surface area contributed by atoms with Gasteiger partial charge in [0.05, 0.1) is 0 Å². The molecular weight excluding hydrogens is 290 g/mol. The molecule has 0 spiro atoms. The Labute approximate surface area is 125 Å². The Morgan fingerprint density at radius 3 is 2.90 bits per heavy atom. The summed E-state index contributed by atoms with van der Waals surface area (Å²) in [5.41, 5.74) is 2.06. The molecule has 1 aromatic heterocycles. The van der Waals surface area contributed by atoms with Gasteiger partial charge >= 0.3 is 5.97 Å². The molecule has 1 aromatic carbocycles. The van der Waals surface area contributed by atoms with Gasteiger partial charge in [0, 0.05) is 12.2 Å². The predicted octanol–water partition coefficient (Wildman–Crippen LogP) is 2.41. The van der Waals surface area contributed by atoms with Gasteiger partial charge in [-0.05, 0) is 29.5 Å². The molecule has 0 radical (unpaired) electrons. The number of rotatable bonds is 4. The molecule has 0 atom stereocenters. The molecule has 1 aliphatic heterocycles. The van der Waals surface area contributed by atoms with E-state index >= 15 is 0 Å². The first-order valence-electron chi connectivity index (χ1n) is 6.48. The number of carboxylic acid groups (broad SMARTS) is 1. The summed E-state index contributed by atoms with van der Waals surface area (Å²) >= 11 is 1.08. The van der Waals surface area contributed by atoms with Crippen LogP contribution in [-0.2, 0) is 11.2 Å². The molecule has 1 aliphatic rings. The molecule has 0 bridgehead atoms. The monoisotopic (exact) mass is 303 g/mol. The number of amides is 1. The second-order valence-corrected chi connectivity index (χ2v) is 5.55. The number of carbonyl (C=O) groups excluding carboxylic acids is 1. The van der Waals surface area contributed by atoms with Crippen LogP contribution < -0.4 is 9.64 Å². The summed E-state index contributed by atoms with van der Waals surface area (Å²) in [5, 5.41) is 10.6. The molecule has 6 heteroatoms. The minimum absolute atomic E-state index is 0.115. The van der Waals surface area contributed by atoms with Crippen molar-refractivity contribution >= 4 is 28.9 Å². The van der Waals surface area contributed by atoms with Crippen molar-refractivity contribution in [3.05, 3.63) is 46.2 Å². The van der Waals surface area contributed by atoms with Crippen LogP contribution in [0.3, 0.4) is 0 Å². The van der Waals surface area contributed by atoms with Crippen molar-refractivity contribution in [2.24, 2.45) is 0 Å². The van der Waals surface area contributed by atoms with Gasteiger partial charge in [0.15, 0.2) is 11.5 Å². The van der Waals surface area contributed by atoms with Gasteiger partial charge in [-0.3, -0.25) is 4.79 Å². The van der Waals surface area contributed by atoms with Crippen molar-refractivity contribution < 1.29 is 19.4 Å². The predicted molar refractivity (Wildman–Crippen MR) is 79.3 cm³/mol. The van der Waals surface area contributed by atoms with Crippen molar-refractivity contribution in [2.75, 3.05) is 18.1 Å². The van der Waals surface area contributed by atoms with Gasteiger partial charge in [-0.2, -0.15) is 0 Å². The fourth-order valence-corrected chi connectivity index (χ4v) is 3.05. The van der Waals surface area contributed by atoms with E-state index in [0.717, 1.165) is 29.0 Å². The first-order valence-corrected chi connectivity index (χ1v) is 7.36. The molecule has 0 aliphatic carbocycles. The Morgan fingerprint density at radius 1 is 1.29 bits per heavy atom. The number of para-hydroxylation sites is 1. The van der Waals surface area contributed by atoms with Crippen LogP contribution in [0, 0.1) is 0 Å². The zero-order valence-corrected chi connectivity index (χ0v) is 11.9. The van der Waals surface area contributed by atoms with Crippen LogP contribution in [0.25, 0.3) is 0 Å². The largest absolute Gasteiger partial charge is 0.482 e. The summed E-state index contributed by atoms with van der Waals surface area (Å²) < 4.78 is 5.37. The maximum atomic E-state index is 12.2. The minimum Gasteiger partial charge on any atom is -0.482 e. The van der Waals surface area contributed by atoms with E-state index in [9.17, 15) is 9.59 Å². The average molecular weight is 303 g/mol. The van der Waals surface area contributed by atoms with E-state index in [2.05, 4.69) is 0 Å². The zero-order chi connectivity index (χ0) is 14.8. The molecule has 1 N–H and O–H groups in total. The van der Waals surface area contributed by atoms with E-state index in [1.54, 1.807) is 16.3 Å². The average Bonchev–Trinajstić information content (AvgIpc) is 3.11. The number of ether oxygens (including phenoxy) is 1. The number of aromatic carboxylic acids is 1.